The molecule has 4 aliphatic heterocycles. The quantitative estimate of drug-likeness (QED) is 0.357. The Morgan fingerprint density at radius 3 is 2.68 bits per heavy atom. The van der Waals surface area contributed by atoms with Crippen molar-refractivity contribution in [1.29, 1.82) is 0 Å². The van der Waals surface area contributed by atoms with E-state index in [1.54, 1.807) is 17.9 Å². The first kappa shape index (κ1) is 27.8. The van der Waals surface area contributed by atoms with Crippen molar-refractivity contribution in [1.82, 2.24) is 15.1 Å². The van der Waals surface area contributed by atoms with Crippen LogP contribution in [0.15, 0.2) is 22.7 Å². The van der Waals surface area contributed by atoms with E-state index in [-0.39, 0.29) is 43.8 Å². The molecule has 2 saturated heterocycles. The first-order valence-electron chi connectivity index (χ1n) is 13.1. The molecule has 204 valence electrons. The SMILES string of the molecule is CCCCN1C/C=C\CCC(=O)NC[C@H](C)OC(=O)[C@H]2[C@@H]3O[C@@]4(C=C3Br)[C@@H]2C(=O)N(CCCO)[C@@H]4C1=O. The van der Waals surface area contributed by atoms with Crippen molar-refractivity contribution >= 4 is 39.6 Å². The number of rotatable bonds is 6. The second kappa shape index (κ2) is 11.7. The zero-order valence-electron chi connectivity index (χ0n) is 21.4. The molecule has 37 heavy (non-hydrogen) atoms. The topological polar surface area (TPSA) is 125 Å². The van der Waals surface area contributed by atoms with E-state index in [1.165, 1.54) is 4.90 Å². The Balaban J connectivity index is 1.76. The third-order valence-electron chi connectivity index (χ3n) is 7.52. The van der Waals surface area contributed by atoms with Gasteiger partial charge in [0, 0.05) is 37.1 Å². The van der Waals surface area contributed by atoms with Crippen LogP contribution in [0.4, 0.5) is 0 Å². The van der Waals surface area contributed by atoms with Crippen molar-refractivity contribution in [2.24, 2.45) is 11.8 Å². The number of allylic oxidation sites excluding steroid dienone is 1. The van der Waals surface area contributed by atoms with Crippen molar-refractivity contribution in [3.63, 3.8) is 0 Å². The molecule has 5 bridgehead atoms. The largest absolute Gasteiger partial charge is 0.460 e. The fourth-order valence-corrected chi connectivity index (χ4v) is 6.49. The average Bonchev–Trinajstić information content (AvgIpc) is 3.45. The van der Waals surface area contributed by atoms with E-state index < -0.39 is 41.7 Å². The summed E-state index contributed by atoms with van der Waals surface area (Å²) in [5, 5.41) is 12.3. The van der Waals surface area contributed by atoms with Crippen LogP contribution in [0, 0.1) is 11.8 Å². The third kappa shape index (κ3) is 5.22. The number of cyclic esters (lactones) is 1. The van der Waals surface area contributed by atoms with E-state index in [9.17, 15) is 24.3 Å². The number of nitrogens with zero attached hydrogens (tertiary/aromatic N) is 2. The number of aliphatic hydroxyl groups is 1. The molecule has 0 radical (unpaired) electrons. The smallest absolute Gasteiger partial charge is 0.313 e. The molecule has 11 heteroatoms. The zero-order chi connectivity index (χ0) is 26.7. The maximum atomic E-state index is 14.2. The van der Waals surface area contributed by atoms with E-state index in [0.29, 0.717) is 30.4 Å². The molecule has 2 N–H and O–H groups in total. The lowest BCUT2D eigenvalue weighted by Crippen LogP contribution is -2.56. The highest BCUT2D eigenvalue weighted by atomic mass is 79.9. The molecule has 10 nitrogen and oxygen atoms in total. The molecule has 0 aromatic carbocycles. The second-order valence-electron chi connectivity index (χ2n) is 10.1. The van der Waals surface area contributed by atoms with Crippen LogP contribution >= 0.6 is 15.9 Å². The van der Waals surface area contributed by atoms with Crippen molar-refractivity contribution in [3.05, 3.63) is 22.7 Å². The second-order valence-corrected chi connectivity index (χ2v) is 11.1. The molecule has 3 amide bonds. The summed E-state index contributed by atoms with van der Waals surface area (Å²) in [6.07, 6.45) is 6.94. The van der Waals surface area contributed by atoms with Gasteiger partial charge in [-0.05, 0) is 32.3 Å². The monoisotopic (exact) mass is 581 g/mol. The van der Waals surface area contributed by atoms with Crippen molar-refractivity contribution in [2.45, 2.75) is 69.8 Å². The fourth-order valence-electron chi connectivity index (χ4n) is 5.76. The minimum Gasteiger partial charge on any atom is -0.460 e. The molecule has 4 aliphatic rings. The van der Waals surface area contributed by atoms with E-state index in [2.05, 4.69) is 21.2 Å². The Morgan fingerprint density at radius 1 is 1.16 bits per heavy atom. The van der Waals surface area contributed by atoms with Crippen molar-refractivity contribution in [3.8, 4) is 0 Å². The van der Waals surface area contributed by atoms with Crippen LogP contribution in [0.25, 0.3) is 0 Å². The van der Waals surface area contributed by atoms with E-state index in [0.717, 1.165) is 12.8 Å². The number of halogens is 1. The fraction of sp³-hybridized carbons (Fsp3) is 0.692. The van der Waals surface area contributed by atoms with Crippen LogP contribution in [-0.4, -0.2) is 95.2 Å². The Labute approximate surface area is 225 Å². The van der Waals surface area contributed by atoms with Gasteiger partial charge in [0.2, 0.25) is 17.7 Å². The molecule has 4 heterocycles. The number of carbonyl (C=O) groups excluding carboxylic acids is 4. The molecule has 0 saturated carbocycles. The first-order chi connectivity index (χ1) is 17.7. The van der Waals surface area contributed by atoms with Crippen LogP contribution in [0.3, 0.4) is 0 Å². The Kier molecular flexibility index (Phi) is 8.75. The highest BCUT2D eigenvalue weighted by molar-refractivity contribution is 9.11. The predicted molar refractivity (Wildman–Crippen MR) is 137 cm³/mol. The number of hydrogen-bond acceptors (Lipinski definition) is 7. The standard InChI is InChI=1S/C26H36BrN3O7/c1-3-4-10-29-11-7-5-6-9-18(32)28-15-16(2)36-25(35)19-20-23(33)30(12-8-13-31)22(24(29)34)26(20)14-17(27)21(19)37-26/h5,7,14,16,19-22,31H,3-4,6,8-13,15H2,1-2H3,(H,28,32)/b7-5-/t16-,19+,20-,21+,22+,26-/m0/s1. The Hall–Kier alpha value is -2.24. The minimum absolute atomic E-state index is 0.137. The van der Waals surface area contributed by atoms with Crippen LogP contribution < -0.4 is 5.32 Å². The molecule has 0 aromatic rings. The maximum Gasteiger partial charge on any atom is 0.313 e. The summed E-state index contributed by atoms with van der Waals surface area (Å²) in [5.41, 5.74) is -1.31. The molecule has 4 rings (SSSR count). The highest BCUT2D eigenvalue weighted by Crippen LogP contribution is 2.58. The van der Waals surface area contributed by atoms with Gasteiger partial charge in [0.1, 0.15) is 29.8 Å². The van der Waals surface area contributed by atoms with E-state index in [4.69, 9.17) is 9.47 Å². The number of nitrogens with one attached hydrogen (secondary N) is 1. The summed E-state index contributed by atoms with van der Waals surface area (Å²) in [6, 6.07) is -0.964. The molecule has 1 spiro atoms. The zero-order valence-corrected chi connectivity index (χ0v) is 22.9. The number of likely N-dealkylation sites (tertiary alicyclic amines) is 1. The average molecular weight is 582 g/mol. The predicted octanol–water partition coefficient (Wildman–Crippen LogP) is 1.27. The van der Waals surface area contributed by atoms with Gasteiger partial charge in [-0.15, -0.1) is 0 Å². The summed E-state index contributed by atoms with van der Waals surface area (Å²) in [6.45, 7) is 4.74. The molecule has 0 unspecified atom stereocenters. The van der Waals surface area contributed by atoms with Crippen LogP contribution in [0.2, 0.25) is 0 Å². The number of fused-ring (bicyclic) bond motifs is 2. The van der Waals surface area contributed by atoms with Gasteiger partial charge in [-0.2, -0.15) is 0 Å². The van der Waals surface area contributed by atoms with Gasteiger partial charge in [0.15, 0.2) is 0 Å². The van der Waals surface area contributed by atoms with Gasteiger partial charge in [-0.3, -0.25) is 19.2 Å². The maximum absolute atomic E-state index is 14.2. The van der Waals surface area contributed by atoms with Crippen LogP contribution in [-0.2, 0) is 28.7 Å². The van der Waals surface area contributed by atoms with Crippen molar-refractivity contribution < 1.29 is 33.8 Å². The lowest BCUT2D eigenvalue weighted by atomic mass is 9.74. The van der Waals surface area contributed by atoms with Gasteiger partial charge in [0.25, 0.3) is 0 Å². The molecule has 0 aromatic heterocycles. The van der Waals surface area contributed by atoms with Gasteiger partial charge < -0.3 is 29.7 Å². The third-order valence-corrected chi connectivity index (χ3v) is 8.20. The number of amides is 3. The summed E-state index contributed by atoms with van der Waals surface area (Å²) in [4.78, 5) is 56.8. The van der Waals surface area contributed by atoms with Gasteiger partial charge in [0.05, 0.1) is 12.5 Å². The van der Waals surface area contributed by atoms with Gasteiger partial charge >= 0.3 is 5.97 Å². The van der Waals surface area contributed by atoms with Gasteiger partial charge in [-0.1, -0.05) is 41.4 Å². The lowest BCUT2D eigenvalue weighted by molar-refractivity contribution is -0.158. The lowest BCUT2D eigenvalue weighted by Gasteiger charge is -2.35. The number of unbranched alkanes of at least 4 members (excludes halogenated alkanes) is 1. The Morgan fingerprint density at radius 2 is 1.95 bits per heavy atom. The number of hydrogen-bond donors (Lipinski definition) is 2. The molecule has 2 fully saturated rings. The summed E-state index contributed by atoms with van der Waals surface area (Å²) >= 11 is 3.52. The Bertz CT molecular complexity index is 985. The molecule has 6 atom stereocenters. The first-order valence-corrected chi connectivity index (χ1v) is 13.9. The normalized spacial score (nSPS) is 35.4. The summed E-state index contributed by atoms with van der Waals surface area (Å²) in [7, 11) is 0. The summed E-state index contributed by atoms with van der Waals surface area (Å²) < 4.78 is 12.7. The highest BCUT2D eigenvalue weighted by Gasteiger charge is 2.74. The number of carbonyl (C=O) groups is 4. The number of ether oxygens (including phenoxy) is 2. The summed E-state index contributed by atoms with van der Waals surface area (Å²) in [5.74, 6) is -3.20. The van der Waals surface area contributed by atoms with Crippen LogP contribution in [0.1, 0.15) is 46.0 Å². The van der Waals surface area contributed by atoms with Gasteiger partial charge in [-0.25, -0.2) is 0 Å². The number of esters is 1. The van der Waals surface area contributed by atoms with Crippen molar-refractivity contribution in [2.75, 3.05) is 32.8 Å². The molecular weight excluding hydrogens is 546 g/mol. The van der Waals surface area contributed by atoms with Crippen LogP contribution in [0.5, 0.6) is 0 Å². The van der Waals surface area contributed by atoms with E-state index in [1.807, 2.05) is 19.1 Å². The van der Waals surface area contributed by atoms with E-state index >= 15 is 0 Å². The minimum atomic E-state index is -1.31. The molecule has 0 aliphatic carbocycles. The number of aliphatic hydroxyl groups excluding tert-OH is 1. The molecular formula is C26H36BrN3O7.